The van der Waals surface area contributed by atoms with Gasteiger partial charge in [-0.3, -0.25) is 4.79 Å². The summed E-state index contributed by atoms with van der Waals surface area (Å²) in [7, 11) is 0. The number of hydrogen-bond donors (Lipinski definition) is 1. The lowest BCUT2D eigenvalue weighted by atomic mass is 10.3. The van der Waals surface area contributed by atoms with Crippen LogP contribution in [0.5, 0.6) is 11.6 Å². The number of anilines is 1. The number of amides is 1. The SMILES string of the molecule is CC(=O)Nc1nc2ccc(Sc3nnc4ccc(Oc5ccccc5)nn34)cc2s1. The van der Waals surface area contributed by atoms with Crippen molar-refractivity contribution in [2.75, 3.05) is 5.32 Å². The van der Waals surface area contributed by atoms with E-state index < -0.39 is 0 Å². The molecule has 8 nitrogen and oxygen atoms in total. The highest BCUT2D eigenvalue weighted by Gasteiger charge is 2.12. The van der Waals surface area contributed by atoms with Crippen LogP contribution in [0.15, 0.2) is 70.7 Å². The van der Waals surface area contributed by atoms with Crippen molar-refractivity contribution < 1.29 is 9.53 Å². The Morgan fingerprint density at radius 3 is 2.80 bits per heavy atom. The second kappa shape index (κ2) is 7.73. The molecular weight excluding hydrogens is 420 g/mol. The Morgan fingerprint density at radius 2 is 1.97 bits per heavy atom. The third-order valence-corrected chi connectivity index (χ3v) is 5.89. The molecule has 0 aliphatic rings. The molecule has 0 bridgehead atoms. The van der Waals surface area contributed by atoms with Crippen LogP contribution in [0.3, 0.4) is 0 Å². The zero-order valence-electron chi connectivity index (χ0n) is 15.6. The molecule has 1 amide bonds. The molecule has 10 heteroatoms. The summed E-state index contributed by atoms with van der Waals surface area (Å²) in [6.07, 6.45) is 0. The van der Waals surface area contributed by atoms with Gasteiger partial charge in [0.2, 0.25) is 16.9 Å². The predicted octanol–water partition coefficient (Wildman–Crippen LogP) is 4.64. The number of para-hydroxylation sites is 1. The molecule has 0 saturated carbocycles. The molecule has 3 heterocycles. The third-order valence-electron chi connectivity index (χ3n) is 4.03. The fourth-order valence-corrected chi connectivity index (χ4v) is 4.61. The second-order valence-electron chi connectivity index (χ2n) is 6.27. The maximum absolute atomic E-state index is 11.3. The zero-order chi connectivity index (χ0) is 20.5. The van der Waals surface area contributed by atoms with Crippen LogP contribution in [-0.4, -0.2) is 30.7 Å². The van der Waals surface area contributed by atoms with E-state index in [1.54, 1.807) is 10.6 Å². The molecule has 0 fully saturated rings. The highest BCUT2D eigenvalue weighted by molar-refractivity contribution is 7.99. The van der Waals surface area contributed by atoms with Crippen LogP contribution in [-0.2, 0) is 4.79 Å². The summed E-state index contributed by atoms with van der Waals surface area (Å²) in [5.74, 6) is 1.02. The van der Waals surface area contributed by atoms with Gasteiger partial charge in [0.25, 0.3) is 0 Å². The summed E-state index contributed by atoms with van der Waals surface area (Å²) < 4.78 is 8.44. The molecule has 5 aromatic rings. The van der Waals surface area contributed by atoms with Gasteiger partial charge in [0.05, 0.1) is 10.2 Å². The number of nitrogens with one attached hydrogen (secondary N) is 1. The minimum Gasteiger partial charge on any atom is -0.438 e. The van der Waals surface area contributed by atoms with E-state index in [4.69, 9.17) is 4.74 Å². The molecule has 3 aromatic heterocycles. The lowest BCUT2D eigenvalue weighted by Gasteiger charge is -2.05. The van der Waals surface area contributed by atoms with Gasteiger partial charge in [-0.05, 0) is 48.2 Å². The van der Waals surface area contributed by atoms with Gasteiger partial charge in [-0.25, -0.2) is 4.98 Å². The first kappa shape index (κ1) is 18.5. The smallest absolute Gasteiger partial charge is 0.237 e. The van der Waals surface area contributed by atoms with Crippen molar-refractivity contribution in [2.45, 2.75) is 17.0 Å². The summed E-state index contributed by atoms with van der Waals surface area (Å²) in [5, 5.41) is 16.9. The number of benzene rings is 2. The number of aromatic nitrogens is 5. The van der Waals surface area contributed by atoms with Crippen molar-refractivity contribution >= 4 is 50.0 Å². The molecule has 1 N–H and O–H groups in total. The quantitative estimate of drug-likeness (QED) is 0.431. The largest absolute Gasteiger partial charge is 0.438 e. The van der Waals surface area contributed by atoms with Crippen molar-refractivity contribution in [2.24, 2.45) is 0 Å². The Labute approximate surface area is 178 Å². The van der Waals surface area contributed by atoms with E-state index in [0.29, 0.717) is 27.6 Å². The number of hydrogen-bond acceptors (Lipinski definition) is 8. The minimum absolute atomic E-state index is 0.141. The van der Waals surface area contributed by atoms with E-state index in [1.165, 1.54) is 30.0 Å². The summed E-state index contributed by atoms with van der Waals surface area (Å²) in [5.41, 5.74) is 1.46. The molecule has 0 aliphatic carbocycles. The number of fused-ring (bicyclic) bond motifs is 2. The number of carbonyl (C=O) groups is 1. The predicted molar refractivity (Wildman–Crippen MR) is 115 cm³/mol. The molecule has 0 unspecified atom stereocenters. The monoisotopic (exact) mass is 434 g/mol. The van der Waals surface area contributed by atoms with Gasteiger partial charge in [0.15, 0.2) is 10.8 Å². The van der Waals surface area contributed by atoms with Gasteiger partial charge >= 0.3 is 0 Å². The van der Waals surface area contributed by atoms with Crippen molar-refractivity contribution in [3.05, 3.63) is 60.7 Å². The molecule has 0 radical (unpaired) electrons. The van der Waals surface area contributed by atoms with E-state index in [9.17, 15) is 4.79 Å². The summed E-state index contributed by atoms with van der Waals surface area (Å²) in [4.78, 5) is 16.6. The molecule has 0 aliphatic heterocycles. The van der Waals surface area contributed by atoms with Crippen LogP contribution >= 0.6 is 23.1 Å². The number of ether oxygens (including phenoxy) is 1. The Balaban J connectivity index is 1.43. The zero-order valence-corrected chi connectivity index (χ0v) is 17.3. The first-order valence-electron chi connectivity index (χ1n) is 8.95. The molecular formula is C20H14N6O2S2. The van der Waals surface area contributed by atoms with Crippen LogP contribution in [0, 0.1) is 0 Å². The molecule has 2 aromatic carbocycles. The second-order valence-corrected chi connectivity index (χ2v) is 8.34. The maximum atomic E-state index is 11.3. The number of thiazole rings is 1. The number of nitrogens with zero attached hydrogens (tertiary/aromatic N) is 5. The van der Waals surface area contributed by atoms with Gasteiger partial charge in [-0.2, -0.15) is 4.52 Å². The number of carbonyl (C=O) groups excluding carboxylic acids is 1. The van der Waals surface area contributed by atoms with E-state index in [0.717, 1.165) is 15.1 Å². The third kappa shape index (κ3) is 3.82. The molecule has 30 heavy (non-hydrogen) atoms. The fraction of sp³-hybridized carbons (Fsp3) is 0.0500. The Hall–Kier alpha value is -3.50. The Kier molecular flexibility index (Phi) is 4.77. The number of rotatable bonds is 5. The van der Waals surface area contributed by atoms with Crippen molar-refractivity contribution in [3.63, 3.8) is 0 Å². The van der Waals surface area contributed by atoms with Crippen molar-refractivity contribution in [1.82, 2.24) is 24.8 Å². The van der Waals surface area contributed by atoms with Crippen LogP contribution in [0.25, 0.3) is 15.9 Å². The lowest BCUT2D eigenvalue weighted by Crippen LogP contribution is -2.04. The normalized spacial score (nSPS) is 11.1. The standard InChI is InChI=1S/C20H14N6O2S2/c1-12(27)21-19-22-15-8-7-14(11-16(15)30-19)29-20-24-23-17-9-10-18(25-26(17)20)28-13-5-3-2-4-6-13/h2-11H,1H3,(H,21,22,27). The van der Waals surface area contributed by atoms with E-state index in [1.807, 2.05) is 54.6 Å². The van der Waals surface area contributed by atoms with Crippen LogP contribution < -0.4 is 10.1 Å². The Morgan fingerprint density at radius 1 is 1.10 bits per heavy atom. The molecule has 0 spiro atoms. The Bertz CT molecular complexity index is 1370. The highest BCUT2D eigenvalue weighted by atomic mass is 32.2. The highest BCUT2D eigenvalue weighted by Crippen LogP contribution is 2.33. The molecule has 0 saturated heterocycles. The molecule has 148 valence electrons. The maximum Gasteiger partial charge on any atom is 0.237 e. The van der Waals surface area contributed by atoms with Crippen LogP contribution in [0.2, 0.25) is 0 Å². The minimum atomic E-state index is -0.141. The van der Waals surface area contributed by atoms with Gasteiger partial charge < -0.3 is 10.1 Å². The summed E-state index contributed by atoms with van der Waals surface area (Å²) in [6.45, 7) is 1.46. The van der Waals surface area contributed by atoms with Crippen LogP contribution in [0.4, 0.5) is 5.13 Å². The first-order chi connectivity index (χ1) is 14.6. The van der Waals surface area contributed by atoms with E-state index in [-0.39, 0.29) is 5.91 Å². The first-order valence-corrected chi connectivity index (χ1v) is 10.6. The van der Waals surface area contributed by atoms with E-state index >= 15 is 0 Å². The summed E-state index contributed by atoms with van der Waals surface area (Å²) in [6, 6.07) is 18.9. The van der Waals surface area contributed by atoms with Gasteiger partial charge in [0, 0.05) is 17.9 Å². The molecule has 0 atom stereocenters. The molecule has 5 rings (SSSR count). The van der Waals surface area contributed by atoms with Crippen LogP contribution in [0.1, 0.15) is 6.92 Å². The average molecular weight is 435 g/mol. The van der Waals surface area contributed by atoms with E-state index in [2.05, 4.69) is 25.6 Å². The van der Waals surface area contributed by atoms with Gasteiger partial charge in [-0.15, -0.1) is 15.3 Å². The van der Waals surface area contributed by atoms with Crippen molar-refractivity contribution in [1.29, 1.82) is 0 Å². The summed E-state index contributed by atoms with van der Waals surface area (Å²) >= 11 is 2.86. The topological polar surface area (TPSA) is 94.3 Å². The van der Waals surface area contributed by atoms with Gasteiger partial charge in [0.1, 0.15) is 5.75 Å². The average Bonchev–Trinajstić information content (AvgIpc) is 3.31. The lowest BCUT2D eigenvalue weighted by molar-refractivity contribution is -0.114. The van der Waals surface area contributed by atoms with Gasteiger partial charge in [-0.1, -0.05) is 29.5 Å². The van der Waals surface area contributed by atoms with Crippen molar-refractivity contribution in [3.8, 4) is 11.6 Å². The fourth-order valence-electron chi connectivity index (χ4n) is 2.76.